The largest absolute Gasteiger partial charge is 0.366 e. The van der Waals surface area contributed by atoms with Crippen LogP contribution in [0.2, 0.25) is 0 Å². The second-order valence-corrected chi connectivity index (χ2v) is 6.05. The number of anilines is 1. The zero-order valence-electron chi connectivity index (χ0n) is 14.2. The van der Waals surface area contributed by atoms with Crippen molar-refractivity contribution in [1.82, 2.24) is 14.7 Å². The molecule has 0 spiro atoms. The number of hydrogen-bond donors (Lipinski definition) is 0. The van der Waals surface area contributed by atoms with Crippen LogP contribution in [0.25, 0.3) is 0 Å². The molecule has 25 heavy (non-hydrogen) atoms. The Kier molecular flexibility index (Phi) is 4.87. The molecule has 1 aromatic carbocycles. The summed E-state index contributed by atoms with van der Waals surface area (Å²) in [7, 11) is 0. The Bertz CT molecular complexity index is 688. The average Bonchev–Trinajstić information content (AvgIpc) is 2.64. The molecule has 7 nitrogen and oxygen atoms in total. The fraction of sp³-hybridized carbons (Fsp3) is 0.471. The standard InChI is InChI=1S/C17H21FN4O3/c1-2-19-11-12-22(16(24)15(19)23)17(25)21-9-7-20(8-10-21)14-6-4-3-5-13(14)18/h3-6H,2,7-12H2,1H3. The van der Waals surface area contributed by atoms with Gasteiger partial charge in [-0.1, -0.05) is 12.1 Å². The number of carbonyl (C=O) groups excluding carboxylic acids is 3. The van der Waals surface area contributed by atoms with Gasteiger partial charge in [0.15, 0.2) is 0 Å². The number of piperazine rings is 2. The van der Waals surface area contributed by atoms with Crippen molar-refractivity contribution in [2.24, 2.45) is 0 Å². The summed E-state index contributed by atoms with van der Waals surface area (Å²) in [5, 5.41) is 0. The summed E-state index contributed by atoms with van der Waals surface area (Å²) in [5.74, 6) is -1.69. The lowest BCUT2D eigenvalue weighted by Crippen LogP contribution is -2.61. The molecule has 0 bridgehead atoms. The van der Waals surface area contributed by atoms with Gasteiger partial charge in [-0.3, -0.25) is 14.5 Å². The molecule has 8 heteroatoms. The number of halogens is 1. The Morgan fingerprint density at radius 2 is 1.68 bits per heavy atom. The maximum Gasteiger partial charge on any atom is 0.327 e. The van der Waals surface area contributed by atoms with Gasteiger partial charge in [-0.15, -0.1) is 0 Å². The van der Waals surface area contributed by atoms with Crippen LogP contribution in [0.15, 0.2) is 24.3 Å². The van der Waals surface area contributed by atoms with E-state index in [4.69, 9.17) is 0 Å². The molecule has 0 saturated carbocycles. The lowest BCUT2D eigenvalue weighted by molar-refractivity contribution is -0.153. The predicted molar refractivity (Wildman–Crippen MR) is 89.5 cm³/mol. The van der Waals surface area contributed by atoms with Crippen LogP contribution in [0.3, 0.4) is 0 Å². The van der Waals surface area contributed by atoms with E-state index >= 15 is 0 Å². The maximum atomic E-state index is 13.9. The number of amides is 4. The quantitative estimate of drug-likeness (QED) is 0.740. The lowest BCUT2D eigenvalue weighted by Gasteiger charge is -2.39. The van der Waals surface area contributed by atoms with E-state index in [1.54, 1.807) is 30.0 Å². The Hall–Kier alpha value is -2.64. The van der Waals surface area contributed by atoms with Gasteiger partial charge in [0.1, 0.15) is 5.82 Å². The van der Waals surface area contributed by atoms with Gasteiger partial charge in [-0.25, -0.2) is 9.18 Å². The van der Waals surface area contributed by atoms with Crippen LogP contribution in [-0.4, -0.2) is 78.4 Å². The molecule has 3 rings (SSSR count). The van der Waals surface area contributed by atoms with Crippen LogP contribution in [0.5, 0.6) is 0 Å². The molecule has 2 heterocycles. The van der Waals surface area contributed by atoms with Crippen molar-refractivity contribution in [3.8, 4) is 0 Å². The zero-order chi connectivity index (χ0) is 18.0. The van der Waals surface area contributed by atoms with E-state index in [2.05, 4.69) is 0 Å². The lowest BCUT2D eigenvalue weighted by atomic mass is 10.2. The summed E-state index contributed by atoms with van der Waals surface area (Å²) >= 11 is 0. The SMILES string of the molecule is CCN1CCN(C(=O)N2CCN(c3ccccc3F)CC2)C(=O)C1=O. The van der Waals surface area contributed by atoms with E-state index < -0.39 is 17.8 Å². The first-order valence-electron chi connectivity index (χ1n) is 8.42. The topological polar surface area (TPSA) is 64.2 Å². The molecular weight excluding hydrogens is 327 g/mol. The minimum atomic E-state index is -0.769. The number of imide groups is 1. The molecular formula is C17H21FN4O3. The molecule has 0 radical (unpaired) electrons. The predicted octanol–water partition coefficient (Wildman–Crippen LogP) is 0.758. The van der Waals surface area contributed by atoms with Gasteiger partial charge in [0, 0.05) is 45.8 Å². The van der Waals surface area contributed by atoms with Gasteiger partial charge in [0.05, 0.1) is 5.69 Å². The summed E-state index contributed by atoms with van der Waals surface area (Å²) in [5.41, 5.74) is 0.511. The summed E-state index contributed by atoms with van der Waals surface area (Å²) in [4.78, 5) is 42.5. The highest BCUT2D eigenvalue weighted by Crippen LogP contribution is 2.20. The smallest absolute Gasteiger partial charge is 0.327 e. The van der Waals surface area contributed by atoms with E-state index in [9.17, 15) is 18.8 Å². The van der Waals surface area contributed by atoms with E-state index in [1.165, 1.54) is 11.0 Å². The Labute approximate surface area is 145 Å². The second-order valence-electron chi connectivity index (χ2n) is 6.05. The highest BCUT2D eigenvalue weighted by atomic mass is 19.1. The fourth-order valence-corrected chi connectivity index (χ4v) is 3.18. The third kappa shape index (κ3) is 3.29. The van der Waals surface area contributed by atoms with Crippen molar-refractivity contribution in [3.05, 3.63) is 30.1 Å². The van der Waals surface area contributed by atoms with Gasteiger partial charge in [0.2, 0.25) is 0 Å². The summed E-state index contributed by atoms with van der Waals surface area (Å²) in [6, 6.07) is 6.08. The zero-order valence-corrected chi connectivity index (χ0v) is 14.2. The highest BCUT2D eigenvalue weighted by Gasteiger charge is 2.38. The summed E-state index contributed by atoms with van der Waals surface area (Å²) < 4.78 is 13.9. The Morgan fingerprint density at radius 1 is 1.00 bits per heavy atom. The molecule has 0 aromatic heterocycles. The van der Waals surface area contributed by atoms with Crippen LogP contribution in [0.4, 0.5) is 14.9 Å². The highest BCUT2D eigenvalue weighted by molar-refractivity contribution is 6.38. The van der Waals surface area contributed by atoms with E-state index in [0.717, 1.165) is 4.90 Å². The minimum absolute atomic E-state index is 0.213. The monoisotopic (exact) mass is 348 g/mol. The van der Waals surface area contributed by atoms with E-state index in [-0.39, 0.29) is 12.4 Å². The molecule has 4 amide bonds. The number of para-hydroxylation sites is 1. The second kappa shape index (κ2) is 7.08. The van der Waals surface area contributed by atoms with Crippen molar-refractivity contribution >= 4 is 23.5 Å². The maximum absolute atomic E-state index is 13.9. The van der Waals surface area contributed by atoms with E-state index in [0.29, 0.717) is 45.0 Å². The summed E-state index contributed by atoms with van der Waals surface area (Å²) in [6.07, 6.45) is 0. The molecule has 0 aliphatic carbocycles. The molecule has 2 saturated heterocycles. The number of likely N-dealkylation sites (N-methyl/N-ethyl adjacent to an activating group) is 1. The molecule has 2 aliphatic heterocycles. The van der Waals surface area contributed by atoms with Crippen LogP contribution in [0, 0.1) is 5.82 Å². The van der Waals surface area contributed by atoms with Gasteiger partial charge >= 0.3 is 17.8 Å². The fourth-order valence-electron chi connectivity index (χ4n) is 3.18. The normalized spacial score (nSPS) is 18.8. The van der Waals surface area contributed by atoms with Crippen LogP contribution < -0.4 is 4.90 Å². The van der Waals surface area contributed by atoms with Crippen molar-refractivity contribution in [3.63, 3.8) is 0 Å². The molecule has 2 aliphatic rings. The Balaban J connectivity index is 1.61. The number of carbonyl (C=O) groups is 3. The molecule has 1 aromatic rings. The molecule has 0 unspecified atom stereocenters. The van der Waals surface area contributed by atoms with Gasteiger partial charge in [0.25, 0.3) is 0 Å². The summed E-state index contributed by atoms with van der Waals surface area (Å²) in [6.45, 7) is 4.53. The van der Waals surface area contributed by atoms with Gasteiger partial charge in [-0.2, -0.15) is 0 Å². The first-order valence-corrected chi connectivity index (χ1v) is 8.42. The number of hydrogen-bond acceptors (Lipinski definition) is 4. The third-order valence-corrected chi connectivity index (χ3v) is 4.66. The molecule has 134 valence electrons. The average molecular weight is 348 g/mol. The molecule has 0 atom stereocenters. The van der Waals surface area contributed by atoms with Crippen LogP contribution >= 0.6 is 0 Å². The number of nitrogens with zero attached hydrogens (tertiary/aromatic N) is 4. The van der Waals surface area contributed by atoms with Crippen molar-refractivity contribution < 1.29 is 18.8 Å². The van der Waals surface area contributed by atoms with Gasteiger partial charge < -0.3 is 14.7 Å². The van der Waals surface area contributed by atoms with E-state index in [1.807, 2.05) is 4.90 Å². The first kappa shape index (κ1) is 17.2. The number of rotatable bonds is 2. The third-order valence-electron chi connectivity index (χ3n) is 4.66. The molecule has 2 fully saturated rings. The number of urea groups is 1. The minimum Gasteiger partial charge on any atom is -0.366 e. The van der Waals surface area contributed by atoms with Crippen molar-refractivity contribution in [2.75, 3.05) is 50.7 Å². The first-order chi connectivity index (χ1) is 12.0. The Morgan fingerprint density at radius 3 is 2.32 bits per heavy atom. The van der Waals surface area contributed by atoms with Crippen molar-refractivity contribution in [1.29, 1.82) is 0 Å². The van der Waals surface area contributed by atoms with Crippen LogP contribution in [-0.2, 0) is 9.59 Å². The van der Waals surface area contributed by atoms with Crippen molar-refractivity contribution in [2.45, 2.75) is 6.92 Å². The van der Waals surface area contributed by atoms with Crippen LogP contribution in [0.1, 0.15) is 6.92 Å². The van der Waals surface area contributed by atoms with Gasteiger partial charge in [-0.05, 0) is 19.1 Å². The molecule has 0 N–H and O–H groups in total. The number of benzene rings is 1.